The zero-order chi connectivity index (χ0) is 34.2. The molecule has 4 heteroatoms. The van der Waals surface area contributed by atoms with E-state index in [-0.39, 0.29) is 11.3 Å². The number of benzene rings is 5. The molecular formula is C46H36N4. The lowest BCUT2D eigenvalue weighted by Crippen LogP contribution is -2.18. The van der Waals surface area contributed by atoms with Gasteiger partial charge < -0.3 is 4.98 Å². The van der Waals surface area contributed by atoms with Crippen molar-refractivity contribution < 1.29 is 0 Å². The molecule has 0 amide bonds. The highest BCUT2D eigenvalue weighted by atomic mass is 14.9. The second kappa shape index (κ2) is 12.6. The van der Waals surface area contributed by atoms with Crippen LogP contribution in [0.3, 0.4) is 0 Å². The van der Waals surface area contributed by atoms with E-state index >= 15 is 0 Å². The molecule has 0 aliphatic heterocycles. The minimum Gasteiger partial charge on any atom is -0.345 e. The van der Waals surface area contributed by atoms with Crippen LogP contribution in [-0.4, -0.2) is 10.8 Å². The summed E-state index contributed by atoms with van der Waals surface area (Å²) in [5, 5.41) is 18.5. The van der Waals surface area contributed by atoms with Crippen molar-refractivity contribution in [2.75, 3.05) is 0 Å². The summed E-state index contributed by atoms with van der Waals surface area (Å²) in [7, 11) is 0. The first-order valence-electron chi connectivity index (χ1n) is 17.0. The molecule has 0 bridgehead atoms. The summed E-state index contributed by atoms with van der Waals surface area (Å²) in [5.74, 6) is 0.558. The monoisotopic (exact) mass is 644 g/mol. The standard InChI is InChI=1S/C46H36N4/c1-46(2)42-24-30(28-47)16-22-39(42)40-23-21-36(27-43(40)46)33-19-17-32(18-20-33)35-14-9-15-37(25-35)44(48)50-45-41(34-12-7-4-8-13-34)26-38(29-49-45)31-10-5-3-6-11-31/h3-22,24-27,29,40H,23H2,1-2H3,(H2,48,49,50). The van der Waals surface area contributed by atoms with Gasteiger partial charge in [-0.3, -0.25) is 5.41 Å². The highest BCUT2D eigenvalue weighted by Gasteiger charge is 2.42. The quantitative estimate of drug-likeness (QED) is 0.142. The van der Waals surface area contributed by atoms with E-state index in [1.165, 1.54) is 27.8 Å². The van der Waals surface area contributed by atoms with Gasteiger partial charge in [-0.05, 0) is 80.8 Å². The fraction of sp³-hybridized carbons (Fsp3) is 0.109. The Morgan fingerprint density at radius 1 is 0.740 bits per heavy atom. The van der Waals surface area contributed by atoms with Crippen LogP contribution < -0.4 is 5.49 Å². The fourth-order valence-corrected chi connectivity index (χ4v) is 7.53. The molecule has 4 nitrogen and oxygen atoms in total. The van der Waals surface area contributed by atoms with Gasteiger partial charge in [-0.15, -0.1) is 0 Å². The number of nitriles is 1. The number of nitrogens with one attached hydrogen (secondary N) is 2. The van der Waals surface area contributed by atoms with E-state index in [4.69, 9.17) is 10.4 Å². The Bertz CT molecular complexity index is 2440. The van der Waals surface area contributed by atoms with Crippen LogP contribution in [0.4, 0.5) is 0 Å². The second-order valence-electron chi connectivity index (χ2n) is 13.6. The lowest BCUT2D eigenvalue weighted by Gasteiger charge is -2.27. The summed E-state index contributed by atoms with van der Waals surface area (Å²) in [6, 6.07) is 47.9. The predicted octanol–water partition coefficient (Wildman–Crippen LogP) is 10.6. The van der Waals surface area contributed by atoms with Crippen molar-refractivity contribution in [3.63, 3.8) is 0 Å². The van der Waals surface area contributed by atoms with Gasteiger partial charge in [-0.1, -0.05) is 141 Å². The number of aromatic nitrogens is 1. The third kappa shape index (κ3) is 5.63. The van der Waals surface area contributed by atoms with Crippen LogP contribution >= 0.6 is 0 Å². The number of fused-ring (bicyclic) bond motifs is 3. The molecule has 1 unspecified atom stereocenters. The molecule has 1 atom stereocenters. The Kier molecular flexibility index (Phi) is 7.82. The van der Waals surface area contributed by atoms with E-state index in [0.29, 0.717) is 11.4 Å². The largest absolute Gasteiger partial charge is 0.345 e. The number of H-pyrrole nitrogens is 1. The van der Waals surface area contributed by atoms with Gasteiger partial charge >= 0.3 is 0 Å². The summed E-state index contributed by atoms with van der Waals surface area (Å²) < 4.78 is 0. The number of rotatable bonds is 5. The van der Waals surface area contributed by atoms with Gasteiger partial charge in [0.15, 0.2) is 5.84 Å². The lowest BCUT2D eigenvalue weighted by atomic mass is 9.76. The molecule has 1 heterocycles. The Morgan fingerprint density at radius 2 is 1.42 bits per heavy atom. The molecule has 6 aromatic rings. The number of nitrogens with zero attached hydrogens (tertiary/aromatic N) is 2. The minimum atomic E-state index is -0.119. The maximum atomic E-state index is 9.49. The summed E-state index contributed by atoms with van der Waals surface area (Å²) in [6.45, 7) is 4.56. The Labute approximate surface area is 293 Å². The topological polar surface area (TPSA) is 75.8 Å². The molecule has 0 radical (unpaired) electrons. The van der Waals surface area contributed by atoms with Crippen LogP contribution in [0.15, 0.2) is 162 Å². The molecule has 0 saturated carbocycles. The smallest absolute Gasteiger partial charge is 0.154 e. The number of aromatic amines is 1. The molecule has 240 valence electrons. The summed E-state index contributed by atoms with van der Waals surface area (Å²) >= 11 is 0. The van der Waals surface area contributed by atoms with E-state index in [0.717, 1.165) is 50.9 Å². The van der Waals surface area contributed by atoms with E-state index < -0.39 is 0 Å². The van der Waals surface area contributed by atoms with Crippen molar-refractivity contribution in [1.29, 1.82) is 10.7 Å². The lowest BCUT2D eigenvalue weighted by molar-refractivity contribution is 0.613. The first-order valence-corrected chi connectivity index (χ1v) is 17.0. The molecule has 2 N–H and O–H groups in total. The molecule has 2 aliphatic rings. The van der Waals surface area contributed by atoms with Crippen LogP contribution in [0.1, 0.15) is 54.0 Å². The SMILES string of the molecule is CC1(C)C2=CC(c3ccc(-c4cccc(C(=N)N=c5[nH]cc(-c6ccccc6)cc5-c5ccccc5)c4)cc3)=CCC2c2ccc(C#N)cc21. The third-order valence-corrected chi connectivity index (χ3v) is 10.2. The van der Waals surface area contributed by atoms with E-state index in [1.54, 1.807) is 0 Å². The molecule has 0 spiro atoms. The van der Waals surface area contributed by atoms with Gasteiger partial charge in [0, 0.05) is 28.7 Å². The molecule has 50 heavy (non-hydrogen) atoms. The zero-order valence-electron chi connectivity index (χ0n) is 28.1. The Morgan fingerprint density at radius 3 is 2.16 bits per heavy atom. The third-order valence-electron chi connectivity index (χ3n) is 10.2. The molecule has 1 aromatic heterocycles. The summed E-state index contributed by atoms with van der Waals surface area (Å²) in [6.07, 6.45) is 7.63. The van der Waals surface area contributed by atoms with Gasteiger partial charge in [0.05, 0.1) is 11.6 Å². The van der Waals surface area contributed by atoms with Crippen LogP contribution in [0.5, 0.6) is 0 Å². The van der Waals surface area contributed by atoms with Gasteiger partial charge in [0.2, 0.25) is 0 Å². The highest BCUT2D eigenvalue weighted by Crippen LogP contribution is 2.54. The van der Waals surface area contributed by atoms with Crippen molar-refractivity contribution in [3.8, 4) is 39.4 Å². The molecule has 2 aliphatic carbocycles. The van der Waals surface area contributed by atoms with Crippen LogP contribution in [0.25, 0.3) is 39.0 Å². The minimum absolute atomic E-state index is 0.119. The summed E-state index contributed by atoms with van der Waals surface area (Å²) in [5.41, 5.74) is 14.7. The van der Waals surface area contributed by atoms with Crippen molar-refractivity contribution in [2.45, 2.75) is 31.6 Å². The van der Waals surface area contributed by atoms with Crippen LogP contribution in [0, 0.1) is 16.7 Å². The fourth-order valence-electron chi connectivity index (χ4n) is 7.53. The number of pyridine rings is 1. The number of allylic oxidation sites excluding steroid dienone is 4. The van der Waals surface area contributed by atoms with E-state index in [2.05, 4.69) is 110 Å². The van der Waals surface area contributed by atoms with Gasteiger partial charge in [-0.2, -0.15) is 5.26 Å². The maximum Gasteiger partial charge on any atom is 0.154 e. The number of hydrogen-bond acceptors (Lipinski definition) is 2. The Hall–Kier alpha value is -6.31. The van der Waals surface area contributed by atoms with Crippen molar-refractivity contribution in [2.24, 2.45) is 4.99 Å². The van der Waals surface area contributed by atoms with E-state index in [9.17, 15) is 5.26 Å². The molecule has 0 fully saturated rings. The first-order chi connectivity index (χ1) is 24.4. The maximum absolute atomic E-state index is 9.49. The molecule has 5 aromatic carbocycles. The average molecular weight is 645 g/mol. The molecular weight excluding hydrogens is 609 g/mol. The van der Waals surface area contributed by atoms with Crippen molar-refractivity contribution in [1.82, 2.24) is 4.98 Å². The highest BCUT2D eigenvalue weighted by molar-refractivity contribution is 5.98. The number of hydrogen-bond donors (Lipinski definition) is 2. The molecule has 8 rings (SSSR count). The van der Waals surface area contributed by atoms with Gasteiger partial charge in [-0.25, -0.2) is 4.99 Å². The zero-order valence-corrected chi connectivity index (χ0v) is 28.1. The average Bonchev–Trinajstić information content (AvgIpc) is 3.40. The van der Waals surface area contributed by atoms with Crippen LogP contribution in [0.2, 0.25) is 0 Å². The predicted molar refractivity (Wildman–Crippen MR) is 204 cm³/mol. The van der Waals surface area contributed by atoms with Crippen molar-refractivity contribution in [3.05, 3.63) is 191 Å². The van der Waals surface area contributed by atoms with E-state index in [1.807, 2.05) is 66.9 Å². The van der Waals surface area contributed by atoms with Crippen molar-refractivity contribution >= 4 is 11.4 Å². The van der Waals surface area contributed by atoms with Crippen LogP contribution in [-0.2, 0) is 5.41 Å². The van der Waals surface area contributed by atoms with Gasteiger partial charge in [0.25, 0.3) is 0 Å². The normalized spacial score (nSPS) is 16.1. The molecule has 0 saturated heterocycles. The number of amidine groups is 1. The first kappa shape index (κ1) is 31.0. The Balaban J connectivity index is 1.07. The second-order valence-corrected chi connectivity index (χ2v) is 13.6. The van der Waals surface area contributed by atoms with Gasteiger partial charge in [0.1, 0.15) is 5.49 Å². The summed E-state index contributed by atoms with van der Waals surface area (Å²) in [4.78, 5) is 8.20.